The molecule has 1 fully saturated rings. The number of amides is 1. The quantitative estimate of drug-likeness (QED) is 0.698. The third-order valence-electron chi connectivity index (χ3n) is 4.30. The summed E-state index contributed by atoms with van der Waals surface area (Å²) >= 11 is 0. The van der Waals surface area contributed by atoms with Gasteiger partial charge in [-0.15, -0.1) is 12.4 Å². The van der Waals surface area contributed by atoms with Crippen molar-refractivity contribution < 1.29 is 14.4 Å². The smallest absolute Gasteiger partial charge is 0.228 e. The Morgan fingerprint density at radius 2 is 2.08 bits per heavy atom. The summed E-state index contributed by atoms with van der Waals surface area (Å²) in [5.74, 6) is 0.842. The lowest BCUT2D eigenvalue weighted by atomic mass is 10.1. The minimum absolute atomic E-state index is 0. The number of nitrogens with two attached hydrogens (primary N) is 1. The number of benzene rings is 1. The second kappa shape index (κ2) is 8.94. The minimum Gasteiger partial charge on any atom is -0.391 e. The fourth-order valence-corrected chi connectivity index (χ4v) is 2.94. The largest absolute Gasteiger partial charge is 0.391 e. The molecule has 1 saturated carbocycles. The van der Waals surface area contributed by atoms with Gasteiger partial charge in [0.15, 0.2) is 5.82 Å². The summed E-state index contributed by atoms with van der Waals surface area (Å²) in [5.41, 5.74) is 6.85. The van der Waals surface area contributed by atoms with Crippen LogP contribution in [0.3, 0.4) is 0 Å². The van der Waals surface area contributed by atoms with Gasteiger partial charge in [-0.25, -0.2) is 0 Å². The van der Waals surface area contributed by atoms with E-state index in [0.29, 0.717) is 43.9 Å². The monoisotopic (exact) mass is 366 g/mol. The van der Waals surface area contributed by atoms with Crippen LogP contribution in [-0.2, 0) is 17.6 Å². The highest BCUT2D eigenvalue weighted by molar-refractivity contribution is 5.85. The van der Waals surface area contributed by atoms with Crippen molar-refractivity contribution in [2.75, 3.05) is 6.54 Å². The van der Waals surface area contributed by atoms with Gasteiger partial charge in [-0.1, -0.05) is 35.5 Å². The molecule has 0 bridgehead atoms. The molecule has 3 atom stereocenters. The molecule has 2 aromatic rings. The molecular weight excluding hydrogens is 344 g/mol. The van der Waals surface area contributed by atoms with E-state index in [1.165, 1.54) is 0 Å². The molecule has 1 aromatic carbocycles. The molecule has 7 nitrogen and oxygen atoms in total. The van der Waals surface area contributed by atoms with E-state index in [-0.39, 0.29) is 30.3 Å². The van der Waals surface area contributed by atoms with Gasteiger partial charge >= 0.3 is 0 Å². The number of aliphatic hydroxyl groups is 1. The molecule has 1 heterocycles. The fraction of sp³-hybridized carbons (Fsp3) is 0.471. The van der Waals surface area contributed by atoms with Gasteiger partial charge in [0.2, 0.25) is 11.8 Å². The summed E-state index contributed by atoms with van der Waals surface area (Å²) in [5, 5.41) is 16.4. The van der Waals surface area contributed by atoms with Crippen LogP contribution in [0.15, 0.2) is 34.9 Å². The molecule has 0 unspecified atom stereocenters. The Hall–Kier alpha value is -1.96. The zero-order valence-corrected chi connectivity index (χ0v) is 14.6. The van der Waals surface area contributed by atoms with E-state index in [2.05, 4.69) is 15.5 Å². The Labute approximate surface area is 152 Å². The lowest BCUT2D eigenvalue weighted by Gasteiger charge is -2.09. The fourth-order valence-electron chi connectivity index (χ4n) is 2.94. The van der Waals surface area contributed by atoms with Crippen LogP contribution in [0, 0.1) is 5.92 Å². The van der Waals surface area contributed by atoms with Crippen molar-refractivity contribution in [3.05, 3.63) is 47.6 Å². The molecule has 1 aliphatic carbocycles. The maximum atomic E-state index is 12.0. The van der Waals surface area contributed by atoms with Gasteiger partial charge in [-0.2, -0.15) is 4.98 Å². The van der Waals surface area contributed by atoms with Crippen molar-refractivity contribution in [3.63, 3.8) is 0 Å². The summed E-state index contributed by atoms with van der Waals surface area (Å²) in [7, 11) is 0. The highest BCUT2D eigenvalue weighted by Gasteiger charge is 2.34. The van der Waals surface area contributed by atoms with Crippen LogP contribution in [0.2, 0.25) is 0 Å². The number of halogens is 1. The molecular formula is C17H23ClN4O3. The SMILES string of the molecule is Cl.N[C@H]1C[C@H](C(=O)NCCc2nc(Cc3ccccc3)no2)C[C@@H]1O. The van der Waals surface area contributed by atoms with E-state index in [0.717, 1.165) is 5.56 Å². The van der Waals surface area contributed by atoms with Gasteiger partial charge < -0.3 is 20.7 Å². The van der Waals surface area contributed by atoms with Crippen LogP contribution in [0.25, 0.3) is 0 Å². The summed E-state index contributed by atoms with van der Waals surface area (Å²) < 4.78 is 5.21. The first-order valence-electron chi connectivity index (χ1n) is 8.18. The number of aromatic nitrogens is 2. The summed E-state index contributed by atoms with van der Waals surface area (Å²) in [4.78, 5) is 16.4. The second-order valence-electron chi connectivity index (χ2n) is 6.21. The van der Waals surface area contributed by atoms with E-state index in [4.69, 9.17) is 10.3 Å². The van der Waals surface area contributed by atoms with Gasteiger partial charge in [-0.3, -0.25) is 4.79 Å². The summed E-state index contributed by atoms with van der Waals surface area (Å²) in [6, 6.07) is 9.62. The number of rotatable bonds is 6. The van der Waals surface area contributed by atoms with Gasteiger partial charge in [0.1, 0.15) is 0 Å². The van der Waals surface area contributed by atoms with Crippen molar-refractivity contribution in [2.24, 2.45) is 11.7 Å². The molecule has 0 saturated heterocycles. The zero-order chi connectivity index (χ0) is 16.9. The number of nitrogens with zero attached hydrogens (tertiary/aromatic N) is 2. The molecule has 0 aliphatic heterocycles. The van der Waals surface area contributed by atoms with Crippen LogP contribution < -0.4 is 11.1 Å². The van der Waals surface area contributed by atoms with Crippen LogP contribution in [0.4, 0.5) is 0 Å². The first kappa shape index (κ1) is 19.4. The Bertz CT molecular complexity index is 670. The molecule has 1 aliphatic rings. The molecule has 0 radical (unpaired) electrons. The number of nitrogens with one attached hydrogen (secondary N) is 1. The van der Waals surface area contributed by atoms with Crippen molar-refractivity contribution >= 4 is 18.3 Å². The maximum Gasteiger partial charge on any atom is 0.228 e. The molecule has 1 amide bonds. The predicted molar refractivity (Wildman–Crippen MR) is 94.2 cm³/mol. The minimum atomic E-state index is -0.586. The molecule has 0 spiro atoms. The van der Waals surface area contributed by atoms with Crippen molar-refractivity contribution in [3.8, 4) is 0 Å². The number of hydrogen-bond acceptors (Lipinski definition) is 6. The Morgan fingerprint density at radius 1 is 1.32 bits per heavy atom. The zero-order valence-electron chi connectivity index (χ0n) is 13.8. The van der Waals surface area contributed by atoms with Crippen LogP contribution in [0.5, 0.6) is 0 Å². The predicted octanol–water partition coefficient (Wildman–Crippen LogP) is 0.839. The number of carbonyl (C=O) groups excluding carboxylic acids is 1. The highest BCUT2D eigenvalue weighted by Crippen LogP contribution is 2.24. The van der Waals surface area contributed by atoms with Gasteiger partial charge in [0.05, 0.1) is 6.10 Å². The van der Waals surface area contributed by atoms with E-state index >= 15 is 0 Å². The first-order chi connectivity index (χ1) is 11.6. The van der Waals surface area contributed by atoms with Crippen molar-refractivity contribution in [1.82, 2.24) is 15.5 Å². The normalized spacial score (nSPS) is 22.4. The third kappa shape index (κ3) is 5.26. The highest BCUT2D eigenvalue weighted by atomic mass is 35.5. The van der Waals surface area contributed by atoms with E-state index in [1.54, 1.807) is 0 Å². The summed E-state index contributed by atoms with van der Waals surface area (Å²) in [6.07, 6.45) is 1.46. The molecule has 136 valence electrons. The van der Waals surface area contributed by atoms with E-state index in [1.807, 2.05) is 30.3 Å². The molecule has 3 rings (SSSR count). The van der Waals surface area contributed by atoms with E-state index in [9.17, 15) is 9.90 Å². The Morgan fingerprint density at radius 3 is 2.76 bits per heavy atom. The average molecular weight is 367 g/mol. The van der Waals surface area contributed by atoms with Crippen LogP contribution in [0.1, 0.15) is 30.1 Å². The Kier molecular flexibility index (Phi) is 6.92. The molecule has 1 aromatic heterocycles. The van der Waals surface area contributed by atoms with Crippen LogP contribution >= 0.6 is 12.4 Å². The summed E-state index contributed by atoms with van der Waals surface area (Å²) in [6.45, 7) is 0.424. The first-order valence-corrected chi connectivity index (χ1v) is 8.18. The molecule has 25 heavy (non-hydrogen) atoms. The van der Waals surface area contributed by atoms with E-state index < -0.39 is 6.10 Å². The molecule has 4 N–H and O–H groups in total. The third-order valence-corrected chi connectivity index (χ3v) is 4.30. The van der Waals surface area contributed by atoms with Crippen molar-refractivity contribution in [1.29, 1.82) is 0 Å². The van der Waals surface area contributed by atoms with Gasteiger partial charge in [-0.05, 0) is 18.4 Å². The maximum absolute atomic E-state index is 12.0. The number of aliphatic hydroxyl groups excluding tert-OH is 1. The van der Waals surface area contributed by atoms with Gasteiger partial charge in [0.25, 0.3) is 0 Å². The lowest BCUT2D eigenvalue weighted by Crippen LogP contribution is -2.32. The second-order valence-corrected chi connectivity index (χ2v) is 6.21. The lowest BCUT2D eigenvalue weighted by molar-refractivity contribution is -0.125. The molecule has 8 heteroatoms. The standard InChI is InChI=1S/C17H22N4O3.ClH/c18-13-9-12(10-14(13)22)17(23)19-7-6-16-20-15(21-24-16)8-11-4-2-1-3-5-11;/h1-5,12-14,22H,6-10,18H2,(H,19,23);1H/t12-,13-,14-;/m0./s1. The number of carbonyl (C=O) groups is 1. The topological polar surface area (TPSA) is 114 Å². The van der Waals surface area contributed by atoms with Crippen molar-refractivity contribution in [2.45, 2.75) is 37.8 Å². The average Bonchev–Trinajstić information content (AvgIpc) is 3.15. The number of hydrogen-bond donors (Lipinski definition) is 3. The Balaban J connectivity index is 0.00000225. The van der Waals surface area contributed by atoms with Gasteiger partial charge in [0, 0.05) is 31.3 Å². The van der Waals surface area contributed by atoms with Crippen LogP contribution in [-0.4, -0.2) is 39.8 Å².